The van der Waals surface area contributed by atoms with Crippen LogP contribution in [-0.4, -0.2) is 12.1 Å². The lowest BCUT2D eigenvalue weighted by Crippen LogP contribution is -3.14. The van der Waals surface area contributed by atoms with Gasteiger partial charge in [-0.05, 0) is 6.92 Å². The molecule has 15 heavy (non-hydrogen) atoms. The Hall–Kier alpha value is -0.820. The van der Waals surface area contributed by atoms with E-state index in [1.54, 1.807) is 0 Å². The second kappa shape index (κ2) is 3.64. The summed E-state index contributed by atoms with van der Waals surface area (Å²) in [7, 11) is 0. The average molecular weight is 202 g/mol. The van der Waals surface area contributed by atoms with E-state index in [0.717, 1.165) is 12.1 Å². The van der Waals surface area contributed by atoms with Crippen molar-refractivity contribution in [2.45, 2.75) is 50.7 Å². The summed E-state index contributed by atoms with van der Waals surface area (Å²) in [5.41, 5.74) is 1.52. The summed E-state index contributed by atoms with van der Waals surface area (Å²) < 4.78 is 0. The quantitative estimate of drug-likeness (QED) is 0.748. The highest BCUT2D eigenvalue weighted by atomic mass is 15.3. The predicted octanol–water partition coefficient (Wildman–Crippen LogP) is 1.96. The van der Waals surface area contributed by atoms with Gasteiger partial charge in [0.2, 0.25) is 0 Å². The first-order chi connectivity index (χ1) is 7.36. The van der Waals surface area contributed by atoms with Gasteiger partial charge in [0.25, 0.3) is 0 Å². The van der Waals surface area contributed by atoms with Gasteiger partial charge in [0, 0.05) is 31.2 Å². The van der Waals surface area contributed by atoms with Gasteiger partial charge in [-0.1, -0.05) is 30.3 Å². The zero-order valence-corrected chi connectivity index (χ0v) is 9.45. The molecule has 0 radical (unpaired) electrons. The normalized spacial score (nSPS) is 35.7. The Labute approximate surface area is 92.1 Å². The number of quaternary nitrogens is 1. The first kappa shape index (κ1) is 9.41. The molecule has 2 aliphatic rings. The summed E-state index contributed by atoms with van der Waals surface area (Å²) in [6, 6.07) is 13.7. The molecule has 3 rings (SSSR count). The maximum absolute atomic E-state index is 2.40. The van der Waals surface area contributed by atoms with Crippen LogP contribution in [0.1, 0.15) is 44.2 Å². The van der Waals surface area contributed by atoms with Gasteiger partial charge in [-0.15, -0.1) is 0 Å². The molecule has 2 aliphatic heterocycles. The molecule has 1 aromatic rings. The fraction of sp³-hybridized carbons (Fsp3) is 0.571. The van der Waals surface area contributed by atoms with Crippen molar-refractivity contribution in [3.63, 3.8) is 0 Å². The molecule has 0 saturated carbocycles. The van der Waals surface area contributed by atoms with Crippen LogP contribution in [0.4, 0.5) is 0 Å². The molecule has 1 unspecified atom stereocenters. The molecule has 1 heteroatoms. The maximum Gasteiger partial charge on any atom is 0.111 e. The van der Waals surface area contributed by atoms with E-state index in [4.69, 9.17) is 0 Å². The SMILES string of the molecule is CC(c1ccccc1)[NH+]1C2CCC1CC2. The van der Waals surface area contributed by atoms with Crippen LogP contribution in [0.3, 0.4) is 0 Å². The minimum atomic E-state index is 0.700. The van der Waals surface area contributed by atoms with Crippen LogP contribution in [0.25, 0.3) is 0 Å². The minimum absolute atomic E-state index is 0.700. The maximum atomic E-state index is 2.40. The molecule has 2 fully saturated rings. The van der Waals surface area contributed by atoms with E-state index in [1.807, 2.05) is 4.90 Å². The third-order valence-corrected chi connectivity index (χ3v) is 4.47. The Morgan fingerprint density at radius 3 is 2.07 bits per heavy atom. The number of benzene rings is 1. The summed E-state index contributed by atoms with van der Waals surface area (Å²) in [5.74, 6) is 0. The molecule has 1 N–H and O–H groups in total. The van der Waals surface area contributed by atoms with E-state index in [-0.39, 0.29) is 0 Å². The molecule has 0 aromatic heterocycles. The summed E-state index contributed by atoms with van der Waals surface area (Å²) in [6.45, 7) is 2.40. The second-order valence-electron chi connectivity index (χ2n) is 5.18. The van der Waals surface area contributed by atoms with Crippen molar-refractivity contribution in [1.29, 1.82) is 0 Å². The van der Waals surface area contributed by atoms with E-state index in [1.165, 1.54) is 31.2 Å². The average Bonchev–Trinajstić information content (AvgIpc) is 2.89. The molecule has 2 saturated heterocycles. The highest BCUT2D eigenvalue weighted by Gasteiger charge is 2.46. The monoisotopic (exact) mass is 202 g/mol. The van der Waals surface area contributed by atoms with Crippen molar-refractivity contribution >= 4 is 0 Å². The molecular formula is C14H20N+. The van der Waals surface area contributed by atoms with Gasteiger partial charge in [0.05, 0.1) is 12.1 Å². The van der Waals surface area contributed by atoms with E-state index in [2.05, 4.69) is 37.3 Å². The molecular weight excluding hydrogens is 182 g/mol. The lowest BCUT2D eigenvalue weighted by Gasteiger charge is -2.26. The minimum Gasteiger partial charge on any atom is -0.324 e. The van der Waals surface area contributed by atoms with E-state index in [0.29, 0.717) is 6.04 Å². The van der Waals surface area contributed by atoms with Crippen molar-refractivity contribution in [2.75, 3.05) is 0 Å². The zero-order chi connectivity index (χ0) is 10.3. The van der Waals surface area contributed by atoms with Crippen molar-refractivity contribution in [2.24, 2.45) is 0 Å². The van der Waals surface area contributed by atoms with Gasteiger partial charge in [-0.25, -0.2) is 0 Å². The van der Waals surface area contributed by atoms with Crippen LogP contribution in [-0.2, 0) is 0 Å². The van der Waals surface area contributed by atoms with Crippen molar-refractivity contribution in [3.05, 3.63) is 35.9 Å². The molecule has 1 nitrogen and oxygen atoms in total. The fourth-order valence-corrected chi connectivity index (χ4v) is 3.73. The molecule has 1 atom stereocenters. The number of nitrogens with one attached hydrogen (secondary N) is 1. The van der Waals surface area contributed by atoms with Crippen molar-refractivity contribution in [1.82, 2.24) is 0 Å². The highest BCUT2D eigenvalue weighted by molar-refractivity contribution is 5.16. The molecule has 0 aliphatic carbocycles. The van der Waals surface area contributed by atoms with Crippen LogP contribution >= 0.6 is 0 Å². The Morgan fingerprint density at radius 2 is 1.53 bits per heavy atom. The van der Waals surface area contributed by atoms with Crippen LogP contribution in [0.2, 0.25) is 0 Å². The lowest BCUT2D eigenvalue weighted by molar-refractivity contribution is -0.951. The standard InChI is InChI=1S/C14H19N/c1-11(12-5-3-2-4-6-12)15-13-7-8-14(15)10-9-13/h2-6,11,13-14H,7-10H2,1H3/p+1. The second-order valence-corrected chi connectivity index (χ2v) is 5.18. The van der Waals surface area contributed by atoms with Crippen LogP contribution in [0, 0.1) is 0 Å². The summed E-state index contributed by atoms with van der Waals surface area (Å²) >= 11 is 0. The van der Waals surface area contributed by atoms with Gasteiger partial charge in [-0.3, -0.25) is 0 Å². The van der Waals surface area contributed by atoms with E-state index in [9.17, 15) is 0 Å². The third kappa shape index (κ3) is 1.50. The smallest absolute Gasteiger partial charge is 0.111 e. The molecule has 0 spiro atoms. The fourth-order valence-electron chi connectivity index (χ4n) is 3.73. The molecule has 1 aromatic carbocycles. The molecule has 2 heterocycles. The highest BCUT2D eigenvalue weighted by Crippen LogP contribution is 2.26. The Morgan fingerprint density at radius 1 is 1.00 bits per heavy atom. The Kier molecular flexibility index (Phi) is 2.28. The van der Waals surface area contributed by atoms with Gasteiger partial charge in [0.1, 0.15) is 6.04 Å². The number of hydrogen-bond acceptors (Lipinski definition) is 0. The van der Waals surface area contributed by atoms with Crippen LogP contribution in [0.15, 0.2) is 30.3 Å². The summed E-state index contributed by atoms with van der Waals surface area (Å²) in [6.07, 6.45) is 5.88. The first-order valence-electron chi connectivity index (χ1n) is 6.28. The van der Waals surface area contributed by atoms with Crippen molar-refractivity contribution in [3.8, 4) is 0 Å². The van der Waals surface area contributed by atoms with Gasteiger partial charge in [-0.2, -0.15) is 0 Å². The Balaban J connectivity index is 1.83. The Bertz CT molecular complexity index is 312. The zero-order valence-electron chi connectivity index (χ0n) is 9.45. The number of rotatable bonds is 2. The number of fused-ring (bicyclic) bond motifs is 2. The lowest BCUT2D eigenvalue weighted by atomic mass is 10.0. The van der Waals surface area contributed by atoms with Gasteiger partial charge < -0.3 is 4.90 Å². The van der Waals surface area contributed by atoms with E-state index < -0.39 is 0 Å². The van der Waals surface area contributed by atoms with Crippen molar-refractivity contribution < 1.29 is 4.90 Å². The third-order valence-electron chi connectivity index (χ3n) is 4.47. The largest absolute Gasteiger partial charge is 0.324 e. The van der Waals surface area contributed by atoms with E-state index >= 15 is 0 Å². The molecule has 80 valence electrons. The first-order valence-corrected chi connectivity index (χ1v) is 6.28. The summed E-state index contributed by atoms with van der Waals surface area (Å²) in [4.78, 5) is 1.88. The van der Waals surface area contributed by atoms with Gasteiger partial charge in [0.15, 0.2) is 0 Å². The van der Waals surface area contributed by atoms with Gasteiger partial charge >= 0.3 is 0 Å². The van der Waals surface area contributed by atoms with Crippen LogP contribution in [0.5, 0.6) is 0 Å². The van der Waals surface area contributed by atoms with Crippen LogP contribution < -0.4 is 4.90 Å². The predicted molar refractivity (Wildman–Crippen MR) is 61.9 cm³/mol. The molecule has 2 bridgehead atoms. The topological polar surface area (TPSA) is 4.44 Å². The number of hydrogen-bond donors (Lipinski definition) is 1. The summed E-state index contributed by atoms with van der Waals surface area (Å²) in [5, 5.41) is 0. The molecule has 0 amide bonds.